The summed E-state index contributed by atoms with van der Waals surface area (Å²) < 4.78 is 22.5. The maximum absolute atomic E-state index is 12.8. The fourth-order valence-electron chi connectivity index (χ4n) is 7.47. The molecule has 0 saturated heterocycles. The van der Waals surface area contributed by atoms with Crippen LogP contribution in [0.2, 0.25) is 42.6 Å². The molecule has 0 unspecified atom stereocenters. The molecule has 0 atom stereocenters. The SMILES string of the molecule is CC/C=C\CCCC[Se]CCOC(=O)CCN(CCCN(C)CCCN(CCC(=O)OCC[Se]CCCC/C=C\CC)CCC(=O)OCC[Se]CCCC/C=C\CC)CCC(=O)OCC[Se]CCCC/C=C\CC. The van der Waals surface area contributed by atoms with Gasteiger partial charge in [0.15, 0.2) is 0 Å². The average Bonchev–Trinajstić information content (AvgIpc) is 3.39. The second-order valence-corrected chi connectivity index (χ2v) is 28.8. The molecule has 74 heavy (non-hydrogen) atoms. The molecular weight excluding hydrogens is 1190 g/mol. The van der Waals surface area contributed by atoms with E-state index in [1.807, 2.05) is 0 Å². The van der Waals surface area contributed by atoms with Gasteiger partial charge in [-0.25, -0.2) is 0 Å². The van der Waals surface area contributed by atoms with E-state index < -0.39 is 0 Å². The Bertz CT molecular complexity index is 1230. The molecular formula is C59H107N3O8Se4. The molecule has 0 rings (SSSR count). The Morgan fingerprint density at radius 1 is 0.324 bits per heavy atom. The van der Waals surface area contributed by atoms with E-state index in [0.29, 0.717) is 138 Å². The minimum absolute atomic E-state index is 0.166. The van der Waals surface area contributed by atoms with E-state index in [4.69, 9.17) is 18.9 Å². The second kappa shape index (κ2) is 59.5. The summed E-state index contributed by atoms with van der Waals surface area (Å²) in [6.07, 6.45) is 39.9. The number of ether oxygens (including phenoxy) is 4. The molecule has 0 N–H and O–H groups in total. The van der Waals surface area contributed by atoms with E-state index in [1.54, 1.807) is 0 Å². The Labute approximate surface area is 479 Å². The molecule has 0 fully saturated rings. The van der Waals surface area contributed by atoms with Gasteiger partial charge in [-0.3, -0.25) is 0 Å². The number of rotatable bonds is 56. The van der Waals surface area contributed by atoms with Crippen LogP contribution in [-0.4, -0.2) is 184 Å². The zero-order valence-corrected chi connectivity index (χ0v) is 54.4. The Balaban J connectivity index is 5.07. The zero-order chi connectivity index (χ0) is 54.1. The third-order valence-corrected chi connectivity index (χ3v) is 20.4. The fraction of sp³-hybridized carbons (Fsp3) is 0.797. The quantitative estimate of drug-likeness (QED) is 0.0191. The molecule has 0 aliphatic carbocycles. The first-order chi connectivity index (χ1) is 36.2. The van der Waals surface area contributed by atoms with Crippen LogP contribution in [0.3, 0.4) is 0 Å². The summed E-state index contributed by atoms with van der Waals surface area (Å²) in [4.78, 5) is 57.9. The molecule has 15 heteroatoms. The second-order valence-electron chi connectivity index (χ2n) is 18.5. The first-order valence-corrected chi connectivity index (χ1v) is 38.6. The van der Waals surface area contributed by atoms with Crippen molar-refractivity contribution in [2.75, 3.05) is 85.8 Å². The minimum atomic E-state index is -0.166. The van der Waals surface area contributed by atoms with E-state index in [2.05, 4.69) is 98.1 Å². The summed E-state index contributed by atoms with van der Waals surface area (Å²) in [5.41, 5.74) is 0. The molecule has 0 aromatic carbocycles. The van der Waals surface area contributed by atoms with Crippen molar-refractivity contribution in [1.82, 2.24) is 14.7 Å². The molecule has 0 bridgehead atoms. The number of unbranched alkanes of at least 4 members (excludes halogenated alkanes) is 8. The summed E-state index contributed by atoms with van der Waals surface area (Å²) >= 11 is 1.99. The van der Waals surface area contributed by atoms with Crippen LogP contribution in [0.1, 0.15) is 169 Å². The van der Waals surface area contributed by atoms with E-state index in [1.165, 1.54) is 72.6 Å². The van der Waals surface area contributed by atoms with Gasteiger partial charge in [0.1, 0.15) is 0 Å². The standard InChI is InChI=1S/C59H107N3O8Se4/c1-6-10-14-18-22-26-48-71-52-44-67-56(63)32-40-61(41-33-57(64)68-45-53-72-49-27-23-19-15-11-7-2)38-30-36-60(5)37-31-39-62(42-34-58(65)69-46-54-73-50-28-24-20-16-12-8-3)43-35-59(66)70-47-55-74-51-29-25-21-17-13-9-4/h10-17H,6-9,18-55H2,1-5H3/b14-10-,15-11-,16-12-,17-13-. The van der Waals surface area contributed by atoms with Crippen molar-refractivity contribution >= 4 is 83.7 Å². The van der Waals surface area contributed by atoms with Crippen LogP contribution < -0.4 is 0 Å². The van der Waals surface area contributed by atoms with Gasteiger partial charge < -0.3 is 0 Å². The van der Waals surface area contributed by atoms with Crippen molar-refractivity contribution in [3.05, 3.63) is 48.6 Å². The van der Waals surface area contributed by atoms with Gasteiger partial charge in [-0.1, -0.05) is 0 Å². The normalized spacial score (nSPS) is 12.0. The van der Waals surface area contributed by atoms with Gasteiger partial charge in [0.25, 0.3) is 0 Å². The molecule has 0 radical (unpaired) electrons. The average molecular weight is 1300 g/mol. The van der Waals surface area contributed by atoms with E-state index in [9.17, 15) is 19.2 Å². The van der Waals surface area contributed by atoms with Crippen LogP contribution in [0.4, 0.5) is 0 Å². The predicted molar refractivity (Wildman–Crippen MR) is 317 cm³/mol. The predicted octanol–water partition coefficient (Wildman–Crippen LogP) is 12.7. The number of esters is 4. The van der Waals surface area contributed by atoms with Crippen LogP contribution in [-0.2, 0) is 38.1 Å². The molecule has 430 valence electrons. The van der Waals surface area contributed by atoms with E-state index in [-0.39, 0.29) is 23.9 Å². The van der Waals surface area contributed by atoms with Crippen LogP contribution in [0.5, 0.6) is 0 Å². The summed E-state index contributed by atoms with van der Waals surface area (Å²) in [5, 5.41) is 8.72. The van der Waals surface area contributed by atoms with Crippen molar-refractivity contribution < 1.29 is 38.1 Å². The number of nitrogens with zero attached hydrogens (tertiary/aromatic N) is 3. The molecule has 11 nitrogen and oxygen atoms in total. The van der Waals surface area contributed by atoms with Gasteiger partial charge in [0.2, 0.25) is 0 Å². The molecule has 0 spiro atoms. The Morgan fingerprint density at radius 2 is 0.581 bits per heavy atom. The Kier molecular flexibility index (Phi) is 58.5. The van der Waals surface area contributed by atoms with Gasteiger partial charge in [-0.2, -0.15) is 0 Å². The van der Waals surface area contributed by atoms with E-state index in [0.717, 1.165) is 112 Å². The summed E-state index contributed by atoms with van der Waals surface area (Å²) in [7, 11) is 2.13. The number of hydrogen-bond acceptors (Lipinski definition) is 11. The number of carbonyl (C=O) groups is 4. The molecule has 0 aromatic rings. The van der Waals surface area contributed by atoms with Crippen LogP contribution in [0, 0.1) is 0 Å². The van der Waals surface area contributed by atoms with Crippen LogP contribution in [0.15, 0.2) is 48.6 Å². The van der Waals surface area contributed by atoms with Crippen molar-refractivity contribution in [2.24, 2.45) is 0 Å². The fourth-order valence-corrected chi connectivity index (χ4v) is 14.3. The van der Waals surface area contributed by atoms with Crippen LogP contribution in [0.25, 0.3) is 0 Å². The van der Waals surface area contributed by atoms with Gasteiger partial charge >= 0.3 is 482 Å². The molecule has 0 aliphatic rings. The topological polar surface area (TPSA) is 115 Å². The number of allylic oxidation sites excluding steroid dienone is 8. The summed E-state index contributed by atoms with van der Waals surface area (Å²) in [6.45, 7) is 16.1. The zero-order valence-electron chi connectivity index (χ0n) is 47.6. The molecule has 0 saturated carbocycles. The first kappa shape index (κ1) is 72.8. The molecule has 0 amide bonds. The van der Waals surface area contributed by atoms with Gasteiger partial charge in [-0.15, -0.1) is 0 Å². The van der Waals surface area contributed by atoms with Crippen molar-refractivity contribution in [3.63, 3.8) is 0 Å². The van der Waals surface area contributed by atoms with Gasteiger partial charge in [-0.05, 0) is 0 Å². The van der Waals surface area contributed by atoms with Gasteiger partial charge in [0.05, 0.1) is 0 Å². The van der Waals surface area contributed by atoms with Crippen molar-refractivity contribution in [3.8, 4) is 0 Å². The molecule has 0 aromatic heterocycles. The Morgan fingerprint density at radius 3 is 0.824 bits per heavy atom. The third kappa shape index (κ3) is 55.5. The Hall–Kier alpha value is -1.20. The first-order valence-electron chi connectivity index (χ1n) is 28.9. The van der Waals surface area contributed by atoms with Crippen molar-refractivity contribution in [2.45, 2.75) is 212 Å². The van der Waals surface area contributed by atoms with Gasteiger partial charge in [0, 0.05) is 0 Å². The van der Waals surface area contributed by atoms with Crippen LogP contribution >= 0.6 is 0 Å². The molecule has 0 aliphatic heterocycles. The summed E-state index contributed by atoms with van der Waals surface area (Å²) in [6, 6.07) is 0. The number of hydrogen-bond donors (Lipinski definition) is 0. The molecule has 0 heterocycles. The monoisotopic (exact) mass is 1310 g/mol. The summed E-state index contributed by atoms with van der Waals surface area (Å²) in [5.74, 6) is -0.665. The maximum atomic E-state index is 12.8. The van der Waals surface area contributed by atoms with E-state index >= 15 is 0 Å². The van der Waals surface area contributed by atoms with Crippen molar-refractivity contribution in [1.29, 1.82) is 0 Å². The number of carbonyl (C=O) groups excluding carboxylic acids is 4. The third-order valence-electron chi connectivity index (χ3n) is 11.8.